The summed E-state index contributed by atoms with van der Waals surface area (Å²) >= 11 is 1.71. The molecule has 2 N–H and O–H groups in total. The molecule has 1 aromatic heterocycles. The zero-order valence-corrected chi connectivity index (χ0v) is 14.5. The van der Waals surface area contributed by atoms with E-state index in [0.717, 1.165) is 19.3 Å². The van der Waals surface area contributed by atoms with Gasteiger partial charge in [0.2, 0.25) is 11.8 Å². The maximum Gasteiger partial charge on any atom is 0.239 e. The van der Waals surface area contributed by atoms with E-state index in [1.807, 2.05) is 11.4 Å². The molecule has 2 amide bonds. The van der Waals surface area contributed by atoms with Gasteiger partial charge in [-0.1, -0.05) is 6.07 Å². The molecule has 1 aliphatic heterocycles. The predicted molar refractivity (Wildman–Crippen MR) is 90.1 cm³/mol. The number of carbonyl (C=O) groups excluding carboxylic acids is 2. The van der Waals surface area contributed by atoms with Gasteiger partial charge in [-0.2, -0.15) is 0 Å². The molecule has 0 spiro atoms. The van der Waals surface area contributed by atoms with E-state index >= 15 is 0 Å². The third kappa shape index (κ3) is 6.70. The summed E-state index contributed by atoms with van der Waals surface area (Å²) < 4.78 is 22.6. The van der Waals surface area contributed by atoms with Crippen molar-refractivity contribution in [2.45, 2.75) is 38.1 Å². The summed E-state index contributed by atoms with van der Waals surface area (Å²) in [7, 11) is -3.01. The van der Waals surface area contributed by atoms with E-state index in [1.165, 1.54) is 4.88 Å². The highest BCUT2D eigenvalue weighted by Crippen LogP contribution is 2.12. The van der Waals surface area contributed by atoms with Gasteiger partial charge in [-0.15, -0.1) is 11.3 Å². The molecule has 0 bridgehead atoms. The first kappa shape index (κ1) is 17.9. The number of aryl methyl sites for hydroxylation is 1. The van der Waals surface area contributed by atoms with Crippen molar-refractivity contribution in [3.8, 4) is 0 Å². The second-order valence-electron chi connectivity index (χ2n) is 5.73. The van der Waals surface area contributed by atoms with Crippen LogP contribution in [0.1, 0.15) is 30.6 Å². The molecule has 1 aromatic rings. The molecule has 128 valence electrons. The van der Waals surface area contributed by atoms with Crippen molar-refractivity contribution in [2.24, 2.45) is 0 Å². The van der Waals surface area contributed by atoms with E-state index in [9.17, 15) is 18.0 Å². The minimum absolute atomic E-state index is 0.00456. The number of hydrogen-bond donors (Lipinski definition) is 2. The molecule has 1 saturated heterocycles. The van der Waals surface area contributed by atoms with E-state index in [4.69, 9.17) is 0 Å². The molecule has 2 heterocycles. The fourth-order valence-electron chi connectivity index (χ4n) is 2.49. The highest BCUT2D eigenvalue weighted by Gasteiger charge is 2.28. The van der Waals surface area contributed by atoms with Gasteiger partial charge < -0.3 is 10.6 Å². The van der Waals surface area contributed by atoms with E-state index in [-0.39, 0.29) is 35.9 Å². The van der Waals surface area contributed by atoms with E-state index < -0.39 is 9.84 Å². The molecule has 1 atom stereocenters. The number of hydrogen-bond acceptors (Lipinski definition) is 5. The van der Waals surface area contributed by atoms with Crippen LogP contribution in [-0.4, -0.2) is 44.3 Å². The van der Waals surface area contributed by atoms with Crippen LogP contribution in [0, 0.1) is 0 Å². The molecular weight excluding hydrogens is 336 g/mol. The Hall–Kier alpha value is -1.41. The molecule has 1 aliphatic rings. The van der Waals surface area contributed by atoms with Crippen molar-refractivity contribution in [3.63, 3.8) is 0 Å². The molecule has 1 unspecified atom stereocenters. The minimum atomic E-state index is -3.01. The Labute approximate surface area is 140 Å². The first-order chi connectivity index (χ1) is 10.9. The number of unbranched alkanes of at least 4 members (excludes halogenated alkanes) is 1. The first-order valence-corrected chi connectivity index (χ1v) is 10.4. The zero-order chi connectivity index (χ0) is 16.7. The Balaban J connectivity index is 1.54. The van der Waals surface area contributed by atoms with Crippen molar-refractivity contribution in [1.82, 2.24) is 10.6 Å². The standard InChI is InChI=1S/C15H22N2O4S2/c18-14(6-2-1-4-13-5-3-8-22-13)16-10-15(19)17-12-7-9-23(20,21)11-12/h3,5,8,12H,1-2,4,6-7,9-11H2,(H,16,18)(H,17,19). The summed E-state index contributed by atoms with van der Waals surface area (Å²) in [6, 6.07) is 3.77. The number of sulfone groups is 1. The minimum Gasteiger partial charge on any atom is -0.351 e. The van der Waals surface area contributed by atoms with Crippen molar-refractivity contribution in [1.29, 1.82) is 0 Å². The van der Waals surface area contributed by atoms with Gasteiger partial charge >= 0.3 is 0 Å². The smallest absolute Gasteiger partial charge is 0.239 e. The molecule has 1 fully saturated rings. The average Bonchev–Trinajstić information content (AvgIpc) is 3.11. The van der Waals surface area contributed by atoms with Crippen LogP contribution in [0.4, 0.5) is 0 Å². The number of amides is 2. The second kappa shape index (κ2) is 8.44. The Morgan fingerprint density at radius 1 is 1.26 bits per heavy atom. The predicted octanol–water partition coefficient (Wildman–Crippen LogP) is 0.880. The fraction of sp³-hybridized carbons (Fsp3) is 0.600. The third-order valence-electron chi connectivity index (χ3n) is 3.70. The Morgan fingerprint density at radius 3 is 2.74 bits per heavy atom. The van der Waals surface area contributed by atoms with Crippen molar-refractivity contribution < 1.29 is 18.0 Å². The number of nitrogens with one attached hydrogen (secondary N) is 2. The molecule has 2 rings (SSSR count). The Kier molecular flexibility index (Phi) is 6.59. The zero-order valence-electron chi connectivity index (χ0n) is 12.9. The molecule has 23 heavy (non-hydrogen) atoms. The molecule has 0 radical (unpaired) electrons. The second-order valence-corrected chi connectivity index (χ2v) is 8.99. The van der Waals surface area contributed by atoms with E-state index in [2.05, 4.69) is 16.7 Å². The molecule has 0 aromatic carbocycles. The lowest BCUT2D eigenvalue weighted by Gasteiger charge is -2.11. The lowest BCUT2D eigenvalue weighted by Crippen LogP contribution is -2.42. The highest BCUT2D eigenvalue weighted by atomic mass is 32.2. The van der Waals surface area contributed by atoms with Crippen LogP contribution in [0.5, 0.6) is 0 Å². The largest absolute Gasteiger partial charge is 0.351 e. The molecular formula is C15H22N2O4S2. The van der Waals surface area contributed by atoms with Crippen LogP contribution < -0.4 is 10.6 Å². The summed E-state index contributed by atoms with van der Waals surface area (Å²) in [5.74, 6) is -0.367. The Morgan fingerprint density at radius 2 is 2.09 bits per heavy atom. The maximum atomic E-state index is 11.7. The lowest BCUT2D eigenvalue weighted by atomic mass is 10.1. The number of rotatable bonds is 8. The summed E-state index contributed by atoms with van der Waals surface area (Å²) in [5, 5.41) is 7.26. The number of carbonyl (C=O) groups is 2. The van der Waals surface area contributed by atoms with Crippen LogP contribution in [0.3, 0.4) is 0 Å². The normalized spacial score (nSPS) is 19.4. The van der Waals surface area contributed by atoms with Gasteiger partial charge in [0.05, 0.1) is 18.1 Å². The fourth-order valence-corrected chi connectivity index (χ4v) is 4.92. The van der Waals surface area contributed by atoms with Crippen LogP contribution in [-0.2, 0) is 25.8 Å². The van der Waals surface area contributed by atoms with Crippen molar-refractivity contribution >= 4 is 33.0 Å². The monoisotopic (exact) mass is 358 g/mol. The van der Waals surface area contributed by atoms with E-state index in [0.29, 0.717) is 12.8 Å². The summed E-state index contributed by atoms with van der Waals surface area (Å²) in [6.45, 7) is -0.0969. The van der Waals surface area contributed by atoms with Crippen LogP contribution >= 0.6 is 11.3 Å². The van der Waals surface area contributed by atoms with Gasteiger partial charge in [-0.3, -0.25) is 9.59 Å². The van der Waals surface area contributed by atoms with Gasteiger partial charge in [0.1, 0.15) is 0 Å². The van der Waals surface area contributed by atoms with Gasteiger partial charge in [0, 0.05) is 17.3 Å². The average molecular weight is 358 g/mol. The maximum absolute atomic E-state index is 11.7. The first-order valence-electron chi connectivity index (χ1n) is 7.73. The van der Waals surface area contributed by atoms with Crippen LogP contribution in [0.25, 0.3) is 0 Å². The summed E-state index contributed by atoms with van der Waals surface area (Å²) in [6.07, 6.45) is 3.55. The van der Waals surface area contributed by atoms with Gasteiger partial charge in [-0.05, 0) is 37.1 Å². The van der Waals surface area contributed by atoms with Gasteiger partial charge in [-0.25, -0.2) is 8.42 Å². The topological polar surface area (TPSA) is 92.3 Å². The lowest BCUT2D eigenvalue weighted by molar-refractivity contribution is -0.126. The SMILES string of the molecule is O=C(CCCCc1cccs1)NCC(=O)NC1CCS(=O)(=O)C1. The van der Waals surface area contributed by atoms with Crippen molar-refractivity contribution in [2.75, 3.05) is 18.1 Å². The summed E-state index contributed by atoms with van der Waals surface area (Å²) in [5.41, 5.74) is 0. The van der Waals surface area contributed by atoms with Crippen LogP contribution in [0.15, 0.2) is 17.5 Å². The third-order valence-corrected chi connectivity index (χ3v) is 6.40. The highest BCUT2D eigenvalue weighted by molar-refractivity contribution is 7.91. The van der Waals surface area contributed by atoms with Crippen molar-refractivity contribution in [3.05, 3.63) is 22.4 Å². The van der Waals surface area contributed by atoms with E-state index in [1.54, 1.807) is 11.3 Å². The Bertz CT molecular complexity index is 626. The van der Waals surface area contributed by atoms with Gasteiger partial charge in [0.15, 0.2) is 9.84 Å². The van der Waals surface area contributed by atoms with Gasteiger partial charge in [0.25, 0.3) is 0 Å². The van der Waals surface area contributed by atoms with Crippen LogP contribution in [0.2, 0.25) is 0 Å². The molecule has 0 aliphatic carbocycles. The molecule has 0 saturated carbocycles. The summed E-state index contributed by atoms with van der Waals surface area (Å²) in [4.78, 5) is 24.7. The quantitative estimate of drug-likeness (QED) is 0.675. The molecule has 8 heteroatoms. The molecule has 6 nitrogen and oxygen atoms in total. The number of thiophene rings is 1.